The maximum atomic E-state index is 12.5. The van der Waals surface area contributed by atoms with Gasteiger partial charge in [0.2, 0.25) is 0 Å². The standard InChI is InChI=1S/C16H22ClNO/c17-15-7-5-14(6-8-15)16(13-3-4-13)9-12-18(19)10-1-2-11-18/h5-8,13,16H,1-4,9-12H2. The van der Waals surface area contributed by atoms with Crippen LogP contribution in [0.15, 0.2) is 24.3 Å². The Morgan fingerprint density at radius 2 is 1.79 bits per heavy atom. The van der Waals surface area contributed by atoms with Crippen molar-refractivity contribution in [3.05, 3.63) is 40.1 Å². The van der Waals surface area contributed by atoms with Crippen molar-refractivity contribution in [2.24, 2.45) is 5.92 Å². The molecule has 3 rings (SSSR count). The van der Waals surface area contributed by atoms with Gasteiger partial charge in [-0.3, -0.25) is 0 Å². The molecule has 0 aromatic heterocycles. The van der Waals surface area contributed by atoms with Crippen molar-refractivity contribution in [3.8, 4) is 0 Å². The van der Waals surface area contributed by atoms with Gasteiger partial charge in [-0.15, -0.1) is 0 Å². The lowest BCUT2D eigenvalue weighted by Gasteiger charge is -2.39. The Morgan fingerprint density at radius 3 is 2.37 bits per heavy atom. The van der Waals surface area contributed by atoms with Crippen molar-refractivity contribution >= 4 is 11.6 Å². The van der Waals surface area contributed by atoms with Gasteiger partial charge in [0, 0.05) is 24.3 Å². The van der Waals surface area contributed by atoms with Gasteiger partial charge in [-0.25, -0.2) is 0 Å². The Hall–Kier alpha value is -0.570. The number of likely N-dealkylation sites (tertiary alicyclic amines) is 1. The maximum absolute atomic E-state index is 12.5. The van der Waals surface area contributed by atoms with Crippen LogP contribution in [-0.2, 0) is 0 Å². The summed E-state index contributed by atoms with van der Waals surface area (Å²) in [7, 11) is 0. The van der Waals surface area contributed by atoms with Crippen LogP contribution in [0.5, 0.6) is 0 Å². The van der Waals surface area contributed by atoms with Crippen molar-refractivity contribution < 1.29 is 4.65 Å². The molecule has 0 bridgehead atoms. The molecule has 1 aromatic rings. The molecule has 19 heavy (non-hydrogen) atoms. The molecule has 2 fully saturated rings. The molecule has 0 N–H and O–H groups in total. The average Bonchev–Trinajstić information content (AvgIpc) is 3.14. The number of benzene rings is 1. The Kier molecular flexibility index (Phi) is 3.84. The van der Waals surface area contributed by atoms with Gasteiger partial charge in [0.15, 0.2) is 0 Å². The minimum absolute atomic E-state index is 0.0524. The molecular weight excluding hydrogens is 258 g/mol. The molecule has 1 aliphatic heterocycles. The van der Waals surface area contributed by atoms with Crippen LogP contribution in [0.1, 0.15) is 43.6 Å². The summed E-state index contributed by atoms with van der Waals surface area (Å²) in [6, 6.07) is 8.24. The van der Waals surface area contributed by atoms with Crippen LogP contribution in [0.4, 0.5) is 0 Å². The summed E-state index contributed by atoms with van der Waals surface area (Å²) < 4.78 is 0.0524. The number of rotatable bonds is 5. The second kappa shape index (κ2) is 5.43. The Morgan fingerprint density at radius 1 is 1.16 bits per heavy atom. The fraction of sp³-hybridized carbons (Fsp3) is 0.625. The van der Waals surface area contributed by atoms with Gasteiger partial charge in [-0.2, -0.15) is 0 Å². The summed E-state index contributed by atoms with van der Waals surface area (Å²) in [5.41, 5.74) is 1.37. The molecule has 0 spiro atoms. The highest BCUT2D eigenvalue weighted by Crippen LogP contribution is 2.45. The molecule has 2 aliphatic rings. The molecule has 1 saturated carbocycles. The van der Waals surface area contributed by atoms with Crippen molar-refractivity contribution in [2.75, 3.05) is 19.6 Å². The zero-order valence-electron chi connectivity index (χ0n) is 11.4. The molecule has 1 aromatic carbocycles. The number of halogens is 1. The van der Waals surface area contributed by atoms with Gasteiger partial charge in [-0.05, 0) is 42.4 Å². The number of hydrogen-bond donors (Lipinski definition) is 0. The lowest BCUT2D eigenvalue weighted by Crippen LogP contribution is -2.40. The Labute approximate surface area is 120 Å². The molecule has 2 nitrogen and oxygen atoms in total. The highest BCUT2D eigenvalue weighted by molar-refractivity contribution is 6.30. The van der Waals surface area contributed by atoms with Gasteiger partial charge in [-0.1, -0.05) is 23.7 Å². The van der Waals surface area contributed by atoms with E-state index < -0.39 is 0 Å². The zero-order chi connectivity index (χ0) is 13.3. The summed E-state index contributed by atoms with van der Waals surface area (Å²) in [6.07, 6.45) is 5.91. The minimum atomic E-state index is 0.0524. The van der Waals surface area contributed by atoms with E-state index in [-0.39, 0.29) is 4.65 Å². The van der Waals surface area contributed by atoms with Crippen LogP contribution in [-0.4, -0.2) is 24.3 Å². The highest BCUT2D eigenvalue weighted by Gasteiger charge is 2.34. The lowest BCUT2D eigenvalue weighted by molar-refractivity contribution is -0.868. The van der Waals surface area contributed by atoms with Gasteiger partial charge in [0.1, 0.15) is 0 Å². The first-order valence-electron chi connectivity index (χ1n) is 7.49. The quantitative estimate of drug-likeness (QED) is 0.581. The van der Waals surface area contributed by atoms with Crippen molar-refractivity contribution in [1.82, 2.24) is 0 Å². The molecule has 1 saturated heterocycles. The largest absolute Gasteiger partial charge is 0.633 e. The number of hydroxylamine groups is 3. The summed E-state index contributed by atoms with van der Waals surface area (Å²) in [6.45, 7) is 2.46. The van der Waals surface area contributed by atoms with Crippen LogP contribution in [0, 0.1) is 11.1 Å². The van der Waals surface area contributed by atoms with E-state index in [1.807, 2.05) is 12.1 Å². The molecule has 1 unspecified atom stereocenters. The number of nitrogens with zero attached hydrogens (tertiary/aromatic N) is 1. The van der Waals surface area contributed by atoms with Crippen LogP contribution in [0.2, 0.25) is 5.02 Å². The Balaban J connectivity index is 1.66. The summed E-state index contributed by atoms with van der Waals surface area (Å²) in [5, 5.41) is 13.2. The van der Waals surface area contributed by atoms with Crippen LogP contribution in [0.3, 0.4) is 0 Å². The normalized spacial score (nSPS) is 23.5. The third-order valence-corrected chi connectivity index (χ3v) is 4.97. The molecule has 1 heterocycles. The second-order valence-corrected chi connectivity index (χ2v) is 6.66. The van der Waals surface area contributed by atoms with E-state index in [1.165, 1.54) is 18.4 Å². The monoisotopic (exact) mass is 279 g/mol. The van der Waals surface area contributed by atoms with E-state index in [4.69, 9.17) is 11.6 Å². The Bertz CT molecular complexity index is 421. The van der Waals surface area contributed by atoms with Gasteiger partial charge < -0.3 is 9.85 Å². The number of quaternary nitrogens is 1. The molecule has 3 heteroatoms. The minimum Gasteiger partial charge on any atom is -0.633 e. The topological polar surface area (TPSA) is 23.1 Å². The molecular formula is C16H22ClNO. The van der Waals surface area contributed by atoms with Gasteiger partial charge >= 0.3 is 0 Å². The van der Waals surface area contributed by atoms with Crippen molar-refractivity contribution in [3.63, 3.8) is 0 Å². The summed E-state index contributed by atoms with van der Waals surface area (Å²) >= 11 is 5.96. The van der Waals surface area contributed by atoms with E-state index in [9.17, 15) is 5.21 Å². The highest BCUT2D eigenvalue weighted by atomic mass is 35.5. The number of hydrogen-bond acceptors (Lipinski definition) is 1. The summed E-state index contributed by atoms with van der Waals surface area (Å²) in [4.78, 5) is 0. The van der Waals surface area contributed by atoms with Gasteiger partial charge in [0.05, 0.1) is 19.6 Å². The van der Waals surface area contributed by atoms with Crippen LogP contribution < -0.4 is 0 Å². The third kappa shape index (κ3) is 3.31. The maximum Gasteiger partial charge on any atom is 0.0789 e. The predicted molar refractivity (Wildman–Crippen MR) is 79.0 cm³/mol. The SMILES string of the molecule is [O-][N+]1(CCC(c2ccc(Cl)cc2)C2CC2)CCCC1. The first-order chi connectivity index (χ1) is 9.16. The first kappa shape index (κ1) is 13.4. The third-order valence-electron chi connectivity index (χ3n) is 4.72. The average molecular weight is 280 g/mol. The lowest BCUT2D eigenvalue weighted by atomic mass is 9.91. The van der Waals surface area contributed by atoms with E-state index in [1.54, 1.807) is 0 Å². The summed E-state index contributed by atoms with van der Waals surface area (Å²) in [5.74, 6) is 1.37. The fourth-order valence-electron chi connectivity index (χ4n) is 3.39. The molecule has 1 aliphatic carbocycles. The van der Waals surface area contributed by atoms with Gasteiger partial charge in [0.25, 0.3) is 0 Å². The molecule has 0 radical (unpaired) electrons. The second-order valence-electron chi connectivity index (χ2n) is 6.22. The zero-order valence-corrected chi connectivity index (χ0v) is 12.1. The fourth-order valence-corrected chi connectivity index (χ4v) is 3.52. The van der Waals surface area contributed by atoms with Crippen LogP contribution >= 0.6 is 11.6 Å². The van der Waals surface area contributed by atoms with E-state index in [2.05, 4.69) is 12.1 Å². The van der Waals surface area contributed by atoms with E-state index >= 15 is 0 Å². The molecule has 104 valence electrons. The molecule has 0 amide bonds. The van der Waals surface area contributed by atoms with Crippen molar-refractivity contribution in [2.45, 2.75) is 38.0 Å². The van der Waals surface area contributed by atoms with Crippen LogP contribution in [0.25, 0.3) is 0 Å². The van der Waals surface area contributed by atoms with E-state index in [0.29, 0.717) is 5.92 Å². The first-order valence-corrected chi connectivity index (χ1v) is 7.87. The van der Waals surface area contributed by atoms with E-state index in [0.717, 1.165) is 49.8 Å². The predicted octanol–water partition coefficient (Wildman–Crippen LogP) is 4.33. The smallest absolute Gasteiger partial charge is 0.0789 e. The molecule has 1 atom stereocenters. The van der Waals surface area contributed by atoms with Crippen molar-refractivity contribution in [1.29, 1.82) is 0 Å².